The lowest BCUT2D eigenvalue weighted by atomic mass is 10.3. The summed E-state index contributed by atoms with van der Waals surface area (Å²) in [5, 5.41) is 3.07. The highest BCUT2D eigenvalue weighted by Crippen LogP contribution is 2.36. The number of hydrogen-bond acceptors (Lipinski definition) is 1. The average Bonchev–Trinajstić information content (AvgIpc) is 2.43. The Morgan fingerprint density at radius 2 is 2.00 bits per heavy atom. The first-order valence-electron chi connectivity index (χ1n) is 3.65. The molecule has 60 valence electrons. The number of halogens is 2. The molecule has 3 heteroatoms. The predicted octanol–water partition coefficient (Wildman–Crippen LogP) is 1.64. The number of hydrogen-bond donors (Lipinski definition) is 1. The third-order valence-electron chi connectivity index (χ3n) is 1.71. The van der Waals surface area contributed by atoms with E-state index in [9.17, 15) is 8.78 Å². The van der Waals surface area contributed by atoms with Gasteiger partial charge in [-0.1, -0.05) is 13.8 Å². The molecule has 2 atom stereocenters. The predicted molar refractivity (Wildman–Crippen MR) is 36.2 cm³/mol. The summed E-state index contributed by atoms with van der Waals surface area (Å²) in [6.07, 6.45) is -1.48. The summed E-state index contributed by atoms with van der Waals surface area (Å²) in [5.41, 5.74) is 0. The quantitative estimate of drug-likeness (QED) is 0.643. The Balaban J connectivity index is 2.13. The summed E-state index contributed by atoms with van der Waals surface area (Å²) < 4.78 is 23.8. The monoisotopic (exact) mass is 149 g/mol. The standard InChI is InChI=1S/C7H13F2N/c1-4(2)10-6-3-5(6)7(8)9/h4-7,10H,3H2,1-2H3. The van der Waals surface area contributed by atoms with Gasteiger partial charge in [-0.3, -0.25) is 0 Å². The molecule has 1 saturated carbocycles. The molecule has 0 spiro atoms. The summed E-state index contributed by atoms with van der Waals surface area (Å²) in [6.45, 7) is 3.95. The zero-order chi connectivity index (χ0) is 7.72. The fraction of sp³-hybridized carbons (Fsp3) is 1.00. The van der Waals surface area contributed by atoms with Crippen molar-refractivity contribution in [1.29, 1.82) is 0 Å². The summed E-state index contributed by atoms with van der Waals surface area (Å²) >= 11 is 0. The molecule has 0 saturated heterocycles. The van der Waals surface area contributed by atoms with Crippen LogP contribution in [0.25, 0.3) is 0 Å². The second-order valence-corrected chi connectivity index (χ2v) is 3.16. The van der Waals surface area contributed by atoms with Crippen molar-refractivity contribution in [3.8, 4) is 0 Å². The van der Waals surface area contributed by atoms with Crippen molar-refractivity contribution in [2.75, 3.05) is 0 Å². The molecule has 1 aliphatic rings. The van der Waals surface area contributed by atoms with E-state index < -0.39 is 6.43 Å². The maximum absolute atomic E-state index is 11.9. The molecule has 10 heavy (non-hydrogen) atoms. The largest absolute Gasteiger partial charge is 0.311 e. The van der Waals surface area contributed by atoms with Crippen molar-refractivity contribution in [2.45, 2.75) is 38.8 Å². The van der Waals surface area contributed by atoms with E-state index in [4.69, 9.17) is 0 Å². The van der Waals surface area contributed by atoms with Gasteiger partial charge >= 0.3 is 0 Å². The smallest absolute Gasteiger partial charge is 0.242 e. The van der Waals surface area contributed by atoms with Crippen LogP contribution in [0.3, 0.4) is 0 Å². The van der Waals surface area contributed by atoms with Gasteiger partial charge in [-0.15, -0.1) is 0 Å². The SMILES string of the molecule is CC(C)NC1CC1C(F)F. The Hall–Kier alpha value is -0.180. The van der Waals surface area contributed by atoms with Gasteiger partial charge < -0.3 is 5.32 Å². The second kappa shape index (κ2) is 2.82. The molecular weight excluding hydrogens is 136 g/mol. The first kappa shape index (κ1) is 7.92. The normalized spacial score (nSPS) is 31.8. The lowest BCUT2D eigenvalue weighted by molar-refractivity contribution is 0.118. The molecule has 1 fully saturated rings. The molecule has 0 radical (unpaired) electrons. The maximum Gasteiger partial charge on any atom is 0.242 e. The molecule has 1 aliphatic carbocycles. The minimum atomic E-state index is -2.13. The van der Waals surface area contributed by atoms with Gasteiger partial charge in [0, 0.05) is 18.0 Å². The van der Waals surface area contributed by atoms with E-state index in [2.05, 4.69) is 5.32 Å². The Morgan fingerprint density at radius 3 is 2.30 bits per heavy atom. The van der Waals surface area contributed by atoms with Gasteiger partial charge in [-0.05, 0) is 6.42 Å². The van der Waals surface area contributed by atoms with E-state index in [1.165, 1.54) is 0 Å². The third kappa shape index (κ3) is 1.90. The van der Waals surface area contributed by atoms with Crippen LogP contribution in [0.2, 0.25) is 0 Å². The summed E-state index contributed by atoms with van der Waals surface area (Å²) in [4.78, 5) is 0. The Morgan fingerprint density at radius 1 is 1.40 bits per heavy atom. The third-order valence-corrected chi connectivity index (χ3v) is 1.71. The minimum absolute atomic E-state index is 0.0833. The zero-order valence-corrected chi connectivity index (χ0v) is 6.27. The van der Waals surface area contributed by atoms with Gasteiger partial charge in [0.25, 0.3) is 0 Å². The molecule has 1 nitrogen and oxygen atoms in total. The van der Waals surface area contributed by atoms with Crippen molar-refractivity contribution in [2.24, 2.45) is 5.92 Å². The van der Waals surface area contributed by atoms with Gasteiger partial charge in [0.15, 0.2) is 0 Å². The average molecular weight is 149 g/mol. The first-order valence-corrected chi connectivity index (χ1v) is 3.65. The van der Waals surface area contributed by atoms with E-state index in [0.29, 0.717) is 12.5 Å². The van der Waals surface area contributed by atoms with Crippen molar-refractivity contribution in [3.63, 3.8) is 0 Å². The molecule has 2 unspecified atom stereocenters. The van der Waals surface area contributed by atoms with Crippen LogP contribution in [0.5, 0.6) is 0 Å². The van der Waals surface area contributed by atoms with Crippen LogP contribution < -0.4 is 5.32 Å². The van der Waals surface area contributed by atoms with Crippen molar-refractivity contribution in [3.05, 3.63) is 0 Å². The lowest BCUT2D eigenvalue weighted by Crippen LogP contribution is -2.27. The van der Waals surface area contributed by atoms with E-state index in [0.717, 1.165) is 0 Å². The number of rotatable bonds is 3. The van der Waals surface area contributed by atoms with Gasteiger partial charge in [0.1, 0.15) is 0 Å². The molecule has 0 heterocycles. The van der Waals surface area contributed by atoms with E-state index >= 15 is 0 Å². The highest BCUT2D eigenvalue weighted by molar-refractivity contribution is 4.95. The number of nitrogens with one attached hydrogen (secondary N) is 1. The van der Waals surface area contributed by atoms with E-state index in [1.807, 2.05) is 13.8 Å². The Bertz CT molecular complexity index is 114. The fourth-order valence-electron chi connectivity index (χ4n) is 1.11. The van der Waals surface area contributed by atoms with Crippen LogP contribution in [-0.4, -0.2) is 18.5 Å². The Labute approximate surface area is 59.8 Å². The van der Waals surface area contributed by atoms with Crippen LogP contribution in [0.1, 0.15) is 20.3 Å². The molecule has 0 aliphatic heterocycles. The molecule has 1 rings (SSSR count). The van der Waals surface area contributed by atoms with Crippen LogP contribution in [0, 0.1) is 5.92 Å². The fourth-order valence-corrected chi connectivity index (χ4v) is 1.11. The van der Waals surface area contributed by atoms with E-state index in [-0.39, 0.29) is 12.0 Å². The molecule has 0 bridgehead atoms. The molecule has 0 aromatic carbocycles. The zero-order valence-electron chi connectivity index (χ0n) is 6.27. The van der Waals surface area contributed by atoms with Gasteiger partial charge in [-0.2, -0.15) is 0 Å². The topological polar surface area (TPSA) is 12.0 Å². The highest BCUT2D eigenvalue weighted by atomic mass is 19.3. The summed E-state index contributed by atoms with van der Waals surface area (Å²) in [5.74, 6) is -0.373. The first-order chi connectivity index (χ1) is 4.61. The van der Waals surface area contributed by atoms with Crippen molar-refractivity contribution in [1.82, 2.24) is 5.32 Å². The summed E-state index contributed by atoms with van der Waals surface area (Å²) in [7, 11) is 0. The molecular formula is C7H13F2N. The molecule has 1 N–H and O–H groups in total. The van der Waals surface area contributed by atoms with Crippen LogP contribution in [0.15, 0.2) is 0 Å². The van der Waals surface area contributed by atoms with Crippen LogP contribution in [0.4, 0.5) is 8.78 Å². The maximum atomic E-state index is 11.9. The second-order valence-electron chi connectivity index (χ2n) is 3.16. The van der Waals surface area contributed by atoms with Crippen LogP contribution >= 0.6 is 0 Å². The molecule has 0 amide bonds. The van der Waals surface area contributed by atoms with Gasteiger partial charge in [0.05, 0.1) is 0 Å². The number of alkyl halides is 2. The Kier molecular flexibility index (Phi) is 2.24. The van der Waals surface area contributed by atoms with Crippen LogP contribution in [-0.2, 0) is 0 Å². The molecule has 0 aromatic heterocycles. The minimum Gasteiger partial charge on any atom is -0.311 e. The van der Waals surface area contributed by atoms with Gasteiger partial charge in [-0.25, -0.2) is 8.78 Å². The van der Waals surface area contributed by atoms with Crippen molar-refractivity contribution >= 4 is 0 Å². The highest BCUT2D eigenvalue weighted by Gasteiger charge is 2.43. The van der Waals surface area contributed by atoms with Gasteiger partial charge in [0.2, 0.25) is 6.43 Å². The van der Waals surface area contributed by atoms with Crippen molar-refractivity contribution < 1.29 is 8.78 Å². The lowest BCUT2D eigenvalue weighted by Gasteiger charge is -2.05. The summed E-state index contributed by atoms with van der Waals surface area (Å²) in [6, 6.07) is 0.411. The van der Waals surface area contributed by atoms with E-state index in [1.54, 1.807) is 0 Å². The molecule has 0 aromatic rings.